The highest BCUT2D eigenvalue weighted by Crippen LogP contribution is 2.59. The van der Waals surface area contributed by atoms with E-state index in [-0.39, 0.29) is 0 Å². The van der Waals surface area contributed by atoms with E-state index in [2.05, 4.69) is 0 Å². The molecule has 3 unspecified atom stereocenters. The van der Waals surface area contributed by atoms with Crippen molar-refractivity contribution in [3.63, 3.8) is 0 Å². The summed E-state index contributed by atoms with van der Waals surface area (Å²) in [5, 5.41) is 0. The van der Waals surface area contributed by atoms with Crippen LogP contribution in [0.3, 0.4) is 0 Å². The van der Waals surface area contributed by atoms with Gasteiger partial charge in [0.15, 0.2) is 0 Å². The zero-order chi connectivity index (χ0) is 36.4. The SMILES string of the molecule is O=C(OC(F)(F)F)C(F)(OC(F)(F)C(F)(OC(F)(F)C(F)(OC(F)(F)C(F)(F)C(F)(F)F)C(F)(F)F)C(F)(F)F)C(F)(F)F. The lowest BCUT2D eigenvalue weighted by atomic mass is 10.2. The predicted molar refractivity (Wildman–Crippen MR) is 70.9 cm³/mol. The number of esters is 1. The van der Waals surface area contributed by atoms with Gasteiger partial charge in [-0.3, -0.25) is 14.2 Å². The minimum Gasteiger partial charge on any atom is -0.368 e. The number of hydrogen-bond donors (Lipinski definition) is 0. The average Bonchev–Trinajstić information content (AvgIpc) is 2.67. The van der Waals surface area contributed by atoms with Gasteiger partial charge in [0.05, 0.1) is 0 Å². The lowest BCUT2D eigenvalue weighted by molar-refractivity contribution is -0.578. The van der Waals surface area contributed by atoms with Gasteiger partial charge in [-0.05, 0) is 0 Å². The van der Waals surface area contributed by atoms with Crippen molar-refractivity contribution >= 4 is 5.97 Å². The summed E-state index contributed by atoms with van der Waals surface area (Å²) in [6.45, 7) is 0. The molecule has 0 saturated heterocycles. The van der Waals surface area contributed by atoms with Crippen molar-refractivity contribution in [1.29, 1.82) is 0 Å². The molecular weight excluding hydrogens is 730 g/mol. The van der Waals surface area contributed by atoms with Crippen LogP contribution >= 0.6 is 0 Å². The molecule has 0 amide bonds. The maximum Gasteiger partial charge on any atom is 0.575 e. The third-order valence-electron chi connectivity index (χ3n) is 3.84. The van der Waals surface area contributed by atoms with E-state index in [1.165, 1.54) is 9.47 Å². The zero-order valence-electron chi connectivity index (χ0n) is 18.4. The van der Waals surface area contributed by atoms with Crippen molar-refractivity contribution in [2.75, 3.05) is 0 Å². The summed E-state index contributed by atoms with van der Waals surface area (Å²) in [5.74, 6) is -39.0. The highest BCUT2D eigenvalue weighted by molar-refractivity contribution is 5.79. The minimum atomic E-state index is -8.93. The standard InChI is InChI=1S/C13F26O5/c14-2(6(19,20)21,1(40)41-13(37,38)39)42-11(33,34)4(17,8(25,26)27)44-12(35,36)5(18,9(28,29)30)43-10(31,32)3(15,16)7(22,23)24. The predicted octanol–water partition coefficient (Wildman–Crippen LogP) is 7.76. The van der Waals surface area contributed by atoms with Crippen molar-refractivity contribution in [1.82, 2.24) is 0 Å². The first-order valence-electron chi connectivity index (χ1n) is 8.75. The molecule has 0 bridgehead atoms. The Bertz CT molecular complexity index is 1030. The van der Waals surface area contributed by atoms with E-state index in [0.717, 1.165) is 9.47 Å². The molecule has 3 atom stereocenters. The Labute approximate surface area is 218 Å². The number of rotatable bonds is 10. The van der Waals surface area contributed by atoms with Gasteiger partial charge in [0, 0.05) is 0 Å². The van der Waals surface area contributed by atoms with Crippen molar-refractivity contribution in [2.24, 2.45) is 0 Å². The Morgan fingerprint density at radius 1 is 0.364 bits per heavy atom. The van der Waals surface area contributed by atoms with Crippen molar-refractivity contribution < 1.29 is 138 Å². The fourth-order valence-corrected chi connectivity index (χ4v) is 1.84. The summed E-state index contributed by atoms with van der Waals surface area (Å²) in [6, 6.07) is 0. The zero-order valence-corrected chi connectivity index (χ0v) is 18.4. The Kier molecular flexibility index (Phi) is 10.2. The van der Waals surface area contributed by atoms with Crippen molar-refractivity contribution in [3.05, 3.63) is 0 Å². The summed E-state index contributed by atoms with van der Waals surface area (Å²) < 4.78 is 340. The maximum absolute atomic E-state index is 14.2. The van der Waals surface area contributed by atoms with Gasteiger partial charge in [-0.2, -0.15) is 101 Å². The molecule has 0 radical (unpaired) electrons. The molecule has 31 heteroatoms. The molecule has 0 heterocycles. The smallest absolute Gasteiger partial charge is 0.368 e. The number of ether oxygens (including phenoxy) is 4. The Balaban J connectivity index is 7.36. The van der Waals surface area contributed by atoms with E-state index in [1.54, 1.807) is 0 Å². The van der Waals surface area contributed by atoms with Gasteiger partial charge >= 0.3 is 78.8 Å². The molecule has 264 valence electrons. The van der Waals surface area contributed by atoms with E-state index in [1.807, 2.05) is 0 Å². The normalized spacial score (nSPS) is 19.6. The third-order valence-corrected chi connectivity index (χ3v) is 3.84. The summed E-state index contributed by atoms with van der Waals surface area (Å²) in [6.07, 6.45) is -66.2. The van der Waals surface area contributed by atoms with Crippen LogP contribution in [0.2, 0.25) is 0 Å². The molecule has 0 aliphatic rings. The number of alkyl halides is 26. The molecular formula is C13F26O5. The van der Waals surface area contributed by atoms with Crippen molar-refractivity contribution in [3.8, 4) is 0 Å². The molecule has 0 spiro atoms. The van der Waals surface area contributed by atoms with Gasteiger partial charge in [-0.15, -0.1) is 13.2 Å². The van der Waals surface area contributed by atoms with Crippen LogP contribution in [0, 0.1) is 0 Å². The number of halogens is 26. The van der Waals surface area contributed by atoms with Crippen LogP contribution in [-0.4, -0.2) is 78.8 Å². The Morgan fingerprint density at radius 3 is 0.909 bits per heavy atom. The summed E-state index contributed by atoms with van der Waals surface area (Å²) in [5.41, 5.74) is 0. The molecule has 0 aromatic heterocycles. The molecule has 0 rings (SSSR count). The molecule has 5 nitrogen and oxygen atoms in total. The fraction of sp³-hybridized carbons (Fsp3) is 0.923. The minimum absolute atomic E-state index is 0.923. The molecule has 0 aromatic carbocycles. The van der Waals surface area contributed by atoms with Gasteiger partial charge in [0.25, 0.3) is 0 Å². The van der Waals surface area contributed by atoms with Crippen molar-refractivity contribution in [2.45, 2.75) is 72.9 Å². The second kappa shape index (κ2) is 10.8. The summed E-state index contributed by atoms with van der Waals surface area (Å²) in [7, 11) is 0. The Morgan fingerprint density at radius 2 is 0.659 bits per heavy atom. The first-order chi connectivity index (χ1) is 18.5. The lowest BCUT2D eigenvalue weighted by Crippen LogP contribution is -2.71. The molecule has 0 fully saturated rings. The monoisotopic (exact) mass is 730 g/mol. The summed E-state index contributed by atoms with van der Waals surface area (Å²) in [4.78, 5) is 10.7. The summed E-state index contributed by atoms with van der Waals surface area (Å²) >= 11 is 0. The molecule has 44 heavy (non-hydrogen) atoms. The maximum atomic E-state index is 14.2. The topological polar surface area (TPSA) is 54.0 Å². The first-order valence-corrected chi connectivity index (χ1v) is 8.75. The van der Waals surface area contributed by atoms with Crippen LogP contribution < -0.4 is 0 Å². The van der Waals surface area contributed by atoms with Gasteiger partial charge in [-0.1, -0.05) is 0 Å². The third kappa shape index (κ3) is 7.32. The molecule has 0 aromatic rings. The molecule has 0 aliphatic heterocycles. The van der Waals surface area contributed by atoms with Crippen LogP contribution in [-0.2, 0) is 23.7 Å². The van der Waals surface area contributed by atoms with E-state index in [0.29, 0.717) is 0 Å². The van der Waals surface area contributed by atoms with Gasteiger partial charge < -0.3 is 4.74 Å². The highest BCUT2D eigenvalue weighted by atomic mass is 19.4. The lowest BCUT2D eigenvalue weighted by Gasteiger charge is -2.42. The van der Waals surface area contributed by atoms with Crippen LogP contribution in [0.5, 0.6) is 0 Å². The largest absolute Gasteiger partial charge is 0.575 e. The second-order valence-corrected chi connectivity index (χ2v) is 7.04. The number of carbonyl (C=O) groups excluding carboxylic acids is 1. The van der Waals surface area contributed by atoms with E-state index in [4.69, 9.17) is 0 Å². The average molecular weight is 730 g/mol. The van der Waals surface area contributed by atoms with Gasteiger partial charge in [0.2, 0.25) is 0 Å². The number of hydrogen-bond acceptors (Lipinski definition) is 5. The molecule has 0 aliphatic carbocycles. The van der Waals surface area contributed by atoms with Gasteiger partial charge in [0.1, 0.15) is 0 Å². The van der Waals surface area contributed by atoms with E-state index in [9.17, 15) is 119 Å². The van der Waals surface area contributed by atoms with Crippen LogP contribution in [0.1, 0.15) is 0 Å². The number of carbonyl (C=O) groups is 1. The van der Waals surface area contributed by atoms with Gasteiger partial charge in [-0.25, -0.2) is 4.79 Å². The van der Waals surface area contributed by atoms with E-state index >= 15 is 0 Å². The van der Waals surface area contributed by atoms with Crippen LogP contribution in [0.25, 0.3) is 0 Å². The van der Waals surface area contributed by atoms with Crippen LogP contribution in [0.15, 0.2) is 0 Å². The molecule has 0 N–H and O–H groups in total. The molecule has 0 saturated carbocycles. The Hall–Kier alpha value is -2.47. The van der Waals surface area contributed by atoms with Crippen LogP contribution in [0.4, 0.5) is 114 Å². The second-order valence-electron chi connectivity index (χ2n) is 7.04. The highest BCUT2D eigenvalue weighted by Gasteiger charge is 2.88. The quantitative estimate of drug-likeness (QED) is 0.170. The van der Waals surface area contributed by atoms with E-state index < -0.39 is 78.8 Å². The first kappa shape index (κ1) is 41.5. The fourth-order valence-electron chi connectivity index (χ4n) is 1.84.